The standard InChI is InChI=1S/C11H11N3O3/c1-8(15)11(10(16)17,13-14-12)7-9-5-3-2-4-6-9/h2-6H,7H2,1H3,(H,16,17)/t11-/m1/s1. The highest BCUT2D eigenvalue weighted by Crippen LogP contribution is 2.20. The zero-order valence-electron chi connectivity index (χ0n) is 9.20. The zero-order chi connectivity index (χ0) is 12.9. The van der Waals surface area contributed by atoms with Crippen molar-refractivity contribution in [3.8, 4) is 0 Å². The van der Waals surface area contributed by atoms with Crippen molar-refractivity contribution in [1.29, 1.82) is 0 Å². The van der Waals surface area contributed by atoms with Gasteiger partial charge in [-0.1, -0.05) is 35.4 Å². The van der Waals surface area contributed by atoms with Gasteiger partial charge in [-0.2, -0.15) is 0 Å². The largest absolute Gasteiger partial charge is 0.480 e. The molecule has 88 valence electrons. The van der Waals surface area contributed by atoms with Crippen LogP contribution in [-0.2, 0) is 16.0 Å². The molecule has 17 heavy (non-hydrogen) atoms. The summed E-state index contributed by atoms with van der Waals surface area (Å²) in [6.45, 7) is 1.10. The van der Waals surface area contributed by atoms with Crippen molar-refractivity contribution >= 4 is 11.8 Å². The first kappa shape index (κ1) is 12.7. The number of carboxylic acids is 1. The molecule has 0 fully saturated rings. The molecule has 0 heterocycles. The number of hydrogen-bond acceptors (Lipinski definition) is 3. The molecule has 1 N–H and O–H groups in total. The highest BCUT2D eigenvalue weighted by molar-refractivity contribution is 6.07. The molecule has 0 bridgehead atoms. The first-order valence-electron chi connectivity index (χ1n) is 4.87. The molecule has 0 aliphatic rings. The lowest BCUT2D eigenvalue weighted by Gasteiger charge is -2.20. The maximum Gasteiger partial charge on any atom is 0.323 e. The van der Waals surface area contributed by atoms with Gasteiger partial charge in [0.1, 0.15) is 0 Å². The van der Waals surface area contributed by atoms with E-state index < -0.39 is 17.3 Å². The van der Waals surface area contributed by atoms with Gasteiger partial charge in [0.05, 0.1) is 0 Å². The van der Waals surface area contributed by atoms with Crippen molar-refractivity contribution in [2.75, 3.05) is 0 Å². The summed E-state index contributed by atoms with van der Waals surface area (Å²) < 4.78 is 0. The molecule has 6 heteroatoms. The maximum absolute atomic E-state index is 11.5. The van der Waals surface area contributed by atoms with Gasteiger partial charge in [0.15, 0.2) is 5.78 Å². The van der Waals surface area contributed by atoms with Gasteiger partial charge in [0, 0.05) is 11.3 Å². The van der Waals surface area contributed by atoms with Crippen LogP contribution in [0.4, 0.5) is 0 Å². The molecular formula is C11H11N3O3. The molecular weight excluding hydrogens is 222 g/mol. The van der Waals surface area contributed by atoms with Crippen molar-refractivity contribution in [3.05, 3.63) is 46.3 Å². The van der Waals surface area contributed by atoms with Gasteiger partial charge in [-0.15, -0.1) is 0 Å². The molecule has 0 saturated carbocycles. The fourth-order valence-corrected chi connectivity index (χ4v) is 1.47. The first-order valence-corrected chi connectivity index (χ1v) is 4.87. The molecule has 0 aliphatic carbocycles. The third-order valence-corrected chi connectivity index (χ3v) is 2.45. The van der Waals surface area contributed by atoms with Crippen molar-refractivity contribution in [2.45, 2.75) is 18.9 Å². The molecule has 1 atom stereocenters. The Morgan fingerprint density at radius 1 is 1.41 bits per heavy atom. The number of nitrogens with zero attached hydrogens (tertiary/aromatic N) is 3. The molecule has 1 rings (SSSR count). The Hall–Kier alpha value is -2.33. The summed E-state index contributed by atoms with van der Waals surface area (Å²) in [5.41, 5.74) is 6.98. The second-order valence-corrected chi connectivity index (χ2v) is 3.57. The lowest BCUT2D eigenvalue weighted by molar-refractivity contribution is -0.147. The second-order valence-electron chi connectivity index (χ2n) is 3.57. The van der Waals surface area contributed by atoms with Crippen LogP contribution in [0.25, 0.3) is 10.4 Å². The summed E-state index contributed by atoms with van der Waals surface area (Å²) in [4.78, 5) is 25.1. The summed E-state index contributed by atoms with van der Waals surface area (Å²) >= 11 is 0. The average Bonchev–Trinajstić information content (AvgIpc) is 2.29. The predicted molar refractivity (Wildman–Crippen MR) is 60.3 cm³/mol. The monoisotopic (exact) mass is 233 g/mol. The van der Waals surface area contributed by atoms with Gasteiger partial charge in [-0.05, 0) is 18.0 Å². The van der Waals surface area contributed by atoms with Crippen LogP contribution in [0.2, 0.25) is 0 Å². The Morgan fingerprint density at radius 3 is 2.41 bits per heavy atom. The fourth-order valence-electron chi connectivity index (χ4n) is 1.47. The van der Waals surface area contributed by atoms with Crippen LogP contribution in [0.15, 0.2) is 35.4 Å². The summed E-state index contributed by atoms with van der Waals surface area (Å²) in [6.07, 6.45) is -0.150. The third-order valence-electron chi connectivity index (χ3n) is 2.45. The van der Waals surface area contributed by atoms with Gasteiger partial charge in [0.2, 0.25) is 5.54 Å². The summed E-state index contributed by atoms with van der Waals surface area (Å²) in [6, 6.07) is 8.56. The Kier molecular flexibility index (Phi) is 3.85. The van der Waals surface area contributed by atoms with E-state index in [2.05, 4.69) is 10.0 Å². The summed E-state index contributed by atoms with van der Waals surface area (Å²) in [5, 5.41) is 12.3. The van der Waals surface area contributed by atoms with E-state index in [4.69, 9.17) is 10.6 Å². The molecule has 6 nitrogen and oxygen atoms in total. The normalized spacial score (nSPS) is 13.2. The smallest absolute Gasteiger partial charge is 0.323 e. The van der Waals surface area contributed by atoms with Gasteiger partial charge in [-0.25, -0.2) is 0 Å². The predicted octanol–water partition coefficient (Wildman–Crippen LogP) is 1.95. The van der Waals surface area contributed by atoms with Gasteiger partial charge in [-0.3, -0.25) is 9.59 Å². The number of Topliss-reactive ketones (excluding diaryl/α,β-unsaturated/α-hetero) is 1. The molecule has 0 unspecified atom stereocenters. The van der Waals surface area contributed by atoms with Crippen molar-refractivity contribution in [1.82, 2.24) is 0 Å². The highest BCUT2D eigenvalue weighted by atomic mass is 16.4. The van der Waals surface area contributed by atoms with E-state index in [1.807, 2.05) is 0 Å². The minimum atomic E-state index is -2.06. The van der Waals surface area contributed by atoms with Crippen LogP contribution in [0.5, 0.6) is 0 Å². The van der Waals surface area contributed by atoms with E-state index in [1.165, 1.54) is 0 Å². The van der Waals surface area contributed by atoms with E-state index in [0.29, 0.717) is 5.56 Å². The number of carbonyl (C=O) groups is 2. The summed E-state index contributed by atoms with van der Waals surface area (Å²) in [5.74, 6) is -2.13. The van der Waals surface area contributed by atoms with Gasteiger partial charge >= 0.3 is 5.97 Å². The number of rotatable bonds is 5. The molecule has 0 amide bonds. The molecule has 0 aromatic heterocycles. The van der Waals surface area contributed by atoms with E-state index >= 15 is 0 Å². The van der Waals surface area contributed by atoms with E-state index in [9.17, 15) is 9.59 Å². The highest BCUT2D eigenvalue weighted by Gasteiger charge is 2.43. The Balaban J connectivity index is 3.20. The minimum Gasteiger partial charge on any atom is -0.480 e. The number of azide groups is 1. The molecule has 0 saturated heterocycles. The van der Waals surface area contributed by atoms with Crippen LogP contribution < -0.4 is 0 Å². The quantitative estimate of drug-likeness (QED) is 0.363. The van der Waals surface area contributed by atoms with E-state index in [-0.39, 0.29) is 6.42 Å². The maximum atomic E-state index is 11.5. The number of aliphatic carboxylic acids is 1. The molecule has 0 aliphatic heterocycles. The molecule has 0 radical (unpaired) electrons. The van der Waals surface area contributed by atoms with Crippen LogP contribution in [0.3, 0.4) is 0 Å². The van der Waals surface area contributed by atoms with E-state index in [0.717, 1.165) is 6.92 Å². The van der Waals surface area contributed by atoms with Crippen molar-refractivity contribution in [2.24, 2.45) is 5.11 Å². The summed E-state index contributed by atoms with van der Waals surface area (Å²) in [7, 11) is 0. The fraction of sp³-hybridized carbons (Fsp3) is 0.273. The Labute approximate surface area is 97.5 Å². The lowest BCUT2D eigenvalue weighted by Crippen LogP contribution is -2.45. The van der Waals surface area contributed by atoms with Crippen molar-refractivity contribution < 1.29 is 14.7 Å². The van der Waals surface area contributed by atoms with Gasteiger partial charge < -0.3 is 5.11 Å². The van der Waals surface area contributed by atoms with Gasteiger partial charge in [0.25, 0.3) is 0 Å². The van der Waals surface area contributed by atoms with Crippen LogP contribution >= 0.6 is 0 Å². The molecule has 1 aromatic rings. The molecule has 0 spiro atoms. The SMILES string of the molecule is CC(=O)[C@@](Cc1ccccc1)(N=[N+]=[N-])C(=O)O. The Bertz CT molecular complexity index is 458. The number of benzene rings is 1. The second kappa shape index (κ2) is 5.14. The van der Waals surface area contributed by atoms with Crippen LogP contribution in [-0.4, -0.2) is 22.4 Å². The third kappa shape index (κ3) is 2.62. The van der Waals surface area contributed by atoms with E-state index in [1.54, 1.807) is 30.3 Å². The zero-order valence-corrected chi connectivity index (χ0v) is 9.20. The number of carbonyl (C=O) groups excluding carboxylic acids is 1. The van der Waals surface area contributed by atoms with Crippen molar-refractivity contribution in [3.63, 3.8) is 0 Å². The number of ketones is 1. The first-order chi connectivity index (χ1) is 8.03. The Morgan fingerprint density at radius 2 is 2.00 bits per heavy atom. The topological polar surface area (TPSA) is 103 Å². The van der Waals surface area contributed by atoms with Crippen LogP contribution in [0.1, 0.15) is 12.5 Å². The molecule has 1 aromatic carbocycles. The van der Waals surface area contributed by atoms with Crippen LogP contribution in [0, 0.1) is 0 Å². The minimum absolute atomic E-state index is 0.150. The lowest BCUT2D eigenvalue weighted by atomic mass is 9.88. The average molecular weight is 233 g/mol. The number of hydrogen-bond donors (Lipinski definition) is 1. The number of carboxylic acid groups (broad SMARTS) is 1.